The number of aromatic nitrogens is 3. The summed E-state index contributed by atoms with van der Waals surface area (Å²) >= 11 is 1.36. The van der Waals surface area contributed by atoms with Crippen molar-refractivity contribution in [3.05, 3.63) is 46.3 Å². The van der Waals surface area contributed by atoms with Crippen molar-refractivity contribution in [1.29, 1.82) is 0 Å². The fourth-order valence-corrected chi connectivity index (χ4v) is 4.87. The van der Waals surface area contributed by atoms with Crippen molar-refractivity contribution in [2.45, 2.75) is 45.4 Å². The van der Waals surface area contributed by atoms with Crippen LogP contribution in [-0.2, 0) is 11.2 Å². The number of benzene rings is 1. The number of thiazole rings is 1. The molecule has 1 aliphatic heterocycles. The second-order valence-electron chi connectivity index (χ2n) is 7.00. The first-order chi connectivity index (χ1) is 13.0. The number of ether oxygens (including phenoxy) is 1. The van der Waals surface area contributed by atoms with E-state index in [1.165, 1.54) is 21.9 Å². The van der Waals surface area contributed by atoms with Crippen molar-refractivity contribution < 1.29 is 14.2 Å². The summed E-state index contributed by atoms with van der Waals surface area (Å²) < 4.78 is 22.0. The lowest BCUT2D eigenvalue weighted by atomic mass is 10.0. The summed E-state index contributed by atoms with van der Waals surface area (Å²) in [6.45, 7) is 7.29. The zero-order chi connectivity index (χ0) is 19.1. The molecule has 1 fully saturated rings. The topological polar surface area (TPSA) is 62.9 Å². The molecule has 144 valence electrons. The number of nitrogens with zero attached hydrogens (tertiary/aromatic N) is 4. The van der Waals surface area contributed by atoms with Crippen molar-refractivity contribution in [2.24, 2.45) is 0 Å². The number of halogens is 1. The van der Waals surface area contributed by atoms with E-state index in [1.54, 1.807) is 12.1 Å². The van der Waals surface area contributed by atoms with E-state index in [-0.39, 0.29) is 23.9 Å². The minimum absolute atomic E-state index is 0.0269. The molecule has 1 aliphatic rings. The number of hydrogen-bond donors (Lipinski definition) is 1. The molecule has 0 aliphatic carbocycles. The molecule has 3 atom stereocenters. The van der Waals surface area contributed by atoms with E-state index in [4.69, 9.17) is 4.74 Å². The minimum Gasteiger partial charge on any atom is -0.492 e. The van der Waals surface area contributed by atoms with Crippen molar-refractivity contribution in [3.63, 3.8) is 0 Å². The van der Waals surface area contributed by atoms with Gasteiger partial charge in [0.15, 0.2) is 5.82 Å². The van der Waals surface area contributed by atoms with Crippen molar-refractivity contribution >= 4 is 16.3 Å². The zero-order valence-electron chi connectivity index (χ0n) is 15.6. The lowest BCUT2D eigenvalue weighted by Gasteiger charge is -2.40. The Labute approximate surface area is 161 Å². The highest BCUT2D eigenvalue weighted by Gasteiger charge is 2.35. The number of rotatable bonds is 4. The summed E-state index contributed by atoms with van der Waals surface area (Å²) in [6.07, 6.45) is 0.747. The largest absolute Gasteiger partial charge is 0.492 e. The maximum Gasteiger partial charge on any atom is 0.230 e. The van der Waals surface area contributed by atoms with Gasteiger partial charge in [0.2, 0.25) is 10.8 Å². The lowest BCUT2D eigenvalue weighted by molar-refractivity contribution is -0.0767. The monoisotopic (exact) mass is 390 g/mol. The summed E-state index contributed by atoms with van der Waals surface area (Å²) in [4.78, 5) is 7.90. The third kappa shape index (κ3) is 3.33. The van der Waals surface area contributed by atoms with E-state index in [1.807, 2.05) is 26.8 Å². The van der Waals surface area contributed by atoms with Crippen molar-refractivity contribution in [2.75, 3.05) is 13.1 Å². The smallest absolute Gasteiger partial charge is 0.230 e. The first kappa shape index (κ1) is 18.3. The molecule has 0 amide bonds. The average Bonchev–Trinajstić information content (AvgIpc) is 3.16. The number of hydrogen-bond acceptors (Lipinski definition) is 6. The van der Waals surface area contributed by atoms with Gasteiger partial charge >= 0.3 is 0 Å². The van der Waals surface area contributed by atoms with Crippen LogP contribution in [0, 0.1) is 5.82 Å². The molecular weight excluding hydrogens is 367 g/mol. The summed E-state index contributed by atoms with van der Waals surface area (Å²) in [6, 6.07) is 6.31. The maximum absolute atomic E-state index is 14.7. The molecule has 8 heteroatoms. The fraction of sp³-hybridized carbons (Fsp3) is 0.474. The Hall–Kier alpha value is -2.03. The van der Waals surface area contributed by atoms with Crippen LogP contribution < -0.4 is 0 Å². The van der Waals surface area contributed by atoms with Crippen LogP contribution in [0.25, 0.3) is 4.96 Å². The highest BCUT2D eigenvalue weighted by atomic mass is 32.1. The van der Waals surface area contributed by atoms with Crippen molar-refractivity contribution in [3.8, 4) is 5.88 Å². The standard InChI is InChI=1S/C19H23FN4O2S/c1-4-15-21-19-24(22-15)18(25)17(27-19)16(13-7-5-6-8-14(13)20)23-9-11(2)26-12(3)10-23/h5-8,11-12,16,25H,4,9-10H2,1-3H3/t11-,12-,16-/m0/s1. The third-order valence-electron chi connectivity index (χ3n) is 4.82. The number of fused-ring (bicyclic) bond motifs is 1. The van der Waals surface area contributed by atoms with Crippen LogP contribution in [-0.4, -0.2) is 49.9 Å². The number of aryl methyl sites for hydroxylation is 1. The van der Waals surface area contributed by atoms with Gasteiger partial charge in [-0.1, -0.05) is 36.5 Å². The van der Waals surface area contributed by atoms with Gasteiger partial charge in [-0.15, -0.1) is 5.10 Å². The van der Waals surface area contributed by atoms with Crippen LogP contribution in [0.15, 0.2) is 24.3 Å². The van der Waals surface area contributed by atoms with Gasteiger partial charge in [-0.25, -0.2) is 9.37 Å². The van der Waals surface area contributed by atoms with Crippen LogP contribution in [0.2, 0.25) is 0 Å². The van der Waals surface area contributed by atoms with Gasteiger partial charge in [0, 0.05) is 25.1 Å². The van der Waals surface area contributed by atoms with Gasteiger partial charge in [0.25, 0.3) is 0 Å². The highest BCUT2D eigenvalue weighted by molar-refractivity contribution is 7.17. The molecule has 0 saturated carbocycles. The Bertz CT molecular complexity index is 946. The molecular formula is C19H23FN4O2S. The SMILES string of the molecule is CCc1nc2sc([C@H](c3ccccc3F)N3C[C@H](C)O[C@@H](C)C3)c(O)n2n1. The minimum atomic E-state index is -0.418. The van der Waals surface area contributed by atoms with Crippen LogP contribution in [0.1, 0.15) is 43.1 Å². The Kier molecular flexibility index (Phi) is 4.88. The number of aromatic hydroxyl groups is 1. The molecule has 0 bridgehead atoms. The van der Waals surface area contributed by atoms with Crippen molar-refractivity contribution in [1.82, 2.24) is 19.5 Å². The molecule has 0 unspecified atom stereocenters. The summed E-state index contributed by atoms with van der Waals surface area (Å²) in [7, 11) is 0. The Morgan fingerprint density at radius 2 is 2.00 bits per heavy atom. The molecule has 6 nitrogen and oxygen atoms in total. The second-order valence-corrected chi connectivity index (χ2v) is 8.01. The normalized spacial score (nSPS) is 22.4. The van der Waals surface area contributed by atoms with Gasteiger partial charge in [-0.3, -0.25) is 4.90 Å². The summed E-state index contributed by atoms with van der Waals surface area (Å²) in [5.41, 5.74) is 0.536. The molecule has 3 heterocycles. The highest BCUT2D eigenvalue weighted by Crippen LogP contribution is 2.41. The first-order valence-electron chi connectivity index (χ1n) is 9.19. The molecule has 27 heavy (non-hydrogen) atoms. The average molecular weight is 390 g/mol. The Morgan fingerprint density at radius 1 is 1.30 bits per heavy atom. The van der Waals surface area contributed by atoms with Gasteiger partial charge in [-0.2, -0.15) is 4.52 Å². The Balaban J connectivity index is 1.84. The van der Waals surface area contributed by atoms with Crippen LogP contribution in [0.4, 0.5) is 4.39 Å². The number of morpholine rings is 1. The van der Waals surface area contributed by atoms with E-state index in [0.717, 1.165) is 0 Å². The third-order valence-corrected chi connectivity index (χ3v) is 5.89. The van der Waals surface area contributed by atoms with E-state index in [0.29, 0.717) is 40.7 Å². The lowest BCUT2D eigenvalue weighted by Crippen LogP contribution is -2.47. The summed E-state index contributed by atoms with van der Waals surface area (Å²) in [5, 5.41) is 15.2. The van der Waals surface area contributed by atoms with E-state index in [9.17, 15) is 9.50 Å². The quantitative estimate of drug-likeness (QED) is 0.740. The van der Waals surface area contributed by atoms with Crippen LogP contribution >= 0.6 is 11.3 Å². The molecule has 1 N–H and O–H groups in total. The zero-order valence-corrected chi connectivity index (χ0v) is 16.4. The fourth-order valence-electron chi connectivity index (χ4n) is 3.75. The van der Waals surface area contributed by atoms with Gasteiger partial charge in [-0.05, 0) is 19.9 Å². The van der Waals surface area contributed by atoms with Gasteiger partial charge in [0.1, 0.15) is 5.82 Å². The molecule has 0 radical (unpaired) electrons. The predicted molar refractivity (Wildman–Crippen MR) is 102 cm³/mol. The molecule has 3 aromatic rings. The molecule has 2 aromatic heterocycles. The summed E-state index contributed by atoms with van der Waals surface area (Å²) in [5.74, 6) is 0.420. The molecule has 1 saturated heterocycles. The van der Waals surface area contributed by atoms with Gasteiger partial charge < -0.3 is 9.84 Å². The molecule has 0 spiro atoms. The van der Waals surface area contributed by atoms with Gasteiger partial charge in [0.05, 0.1) is 23.1 Å². The van der Waals surface area contributed by atoms with E-state index < -0.39 is 6.04 Å². The first-order valence-corrected chi connectivity index (χ1v) is 10.0. The second kappa shape index (κ2) is 7.18. The van der Waals surface area contributed by atoms with E-state index >= 15 is 0 Å². The predicted octanol–water partition coefficient (Wildman–Crippen LogP) is 3.40. The van der Waals surface area contributed by atoms with Crippen LogP contribution in [0.3, 0.4) is 0 Å². The molecule has 1 aromatic carbocycles. The maximum atomic E-state index is 14.7. The van der Waals surface area contributed by atoms with E-state index in [2.05, 4.69) is 15.0 Å². The Morgan fingerprint density at radius 3 is 2.63 bits per heavy atom. The molecule has 4 rings (SSSR count). The van der Waals surface area contributed by atoms with Crippen LogP contribution in [0.5, 0.6) is 5.88 Å².